The normalized spacial score (nSPS) is 19.9. The topological polar surface area (TPSA) is 96.0 Å². The number of benzene rings is 2. The van der Waals surface area contributed by atoms with Crippen LogP contribution in [0.2, 0.25) is 0 Å². The third-order valence-corrected chi connectivity index (χ3v) is 9.46. The number of fused-ring (bicyclic) bond motifs is 3. The third-order valence-electron chi connectivity index (χ3n) is 8.41. The number of thiophene rings is 1. The van der Waals surface area contributed by atoms with Gasteiger partial charge in [0, 0.05) is 49.4 Å². The van der Waals surface area contributed by atoms with Gasteiger partial charge in [0.15, 0.2) is 11.5 Å². The van der Waals surface area contributed by atoms with E-state index in [-0.39, 0.29) is 5.69 Å². The van der Waals surface area contributed by atoms with Gasteiger partial charge in [0.1, 0.15) is 23.9 Å². The number of hydrogen-bond acceptors (Lipinski definition) is 8. The highest BCUT2D eigenvalue weighted by Gasteiger charge is 2.39. The summed E-state index contributed by atoms with van der Waals surface area (Å²) in [4.78, 5) is 37.1. The van der Waals surface area contributed by atoms with Crippen molar-refractivity contribution in [3.05, 3.63) is 76.5 Å². The number of amides is 2. The number of anilines is 2. The van der Waals surface area contributed by atoms with Gasteiger partial charge in [-0.1, -0.05) is 13.0 Å². The summed E-state index contributed by atoms with van der Waals surface area (Å²) in [6.07, 6.45) is 0. The van der Waals surface area contributed by atoms with Gasteiger partial charge in [-0.25, -0.2) is 9.37 Å². The van der Waals surface area contributed by atoms with Crippen LogP contribution in [0.3, 0.4) is 0 Å². The number of carbonyl (C=O) groups is 2. The number of nitrogens with zero attached hydrogens (tertiary/aromatic N) is 3. The fourth-order valence-electron chi connectivity index (χ4n) is 6.23. The molecule has 5 heterocycles. The minimum Gasteiger partial charge on any atom is -0.486 e. The minimum atomic E-state index is -0.607. The molecule has 0 aliphatic carbocycles. The average molecular weight is 602 g/mol. The Morgan fingerprint density at radius 3 is 2.47 bits per heavy atom. The SMILES string of the molecule is CCN1CC2CN(Cc3ccc4cc(C(=O)Nc5cc(NC(=O)c6ccc7c(c6)OCCO7)ccc5F)sc4n3)C[C@H]2C1. The fourth-order valence-corrected chi connectivity index (χ4v) is 7.18. The highest BCUT2D eigenvalue weighted by atomic mass is 32.1. The summed E-state index contributed by atoms with van der Waals surface area (Å²) in [5, 5.41) is 6.28. The quantitative estimate of drug-likeness (QED) is 0.305. The number of carbonyl (C=O) groups excluding carboxylic acids is 2. The largest absolute Gasteiger partial charge is 0.486 e. The highest BCUT2D eigenvalue weighted by molar-refractivity contribution is 7.20. The lowest BCUT2D eigenvalue weighted by molar-refractivity contribution is 0.102. The first-order chi connectivity index (χ1) is 20.9. The molecule has 2 saturated heterocycles. The number of pyridine rings is 1. The van der Waals surface area contributed by atoms with Crippen molar-refractivity contribution in [2.75, 3.05) is 56.6 Å². The smallest absolute Gasteiger partial charge is 0.265 e. The summed E-state index contributed by atoms with van der Waals surface area (Å²) in [6.45, 7) is 9.58. The predicted octanol–water partition coefficient (Wildman–Crippen LogP) is 5.09. The zero-order valence-corrected chi connectivity index (χ0v) is 24.6. The van der Waals surface area contributed by atoms with Crippen molar-refractivity contribution in [3.8, 4) is 11.5 Å². The molecule has 0 saturated carbocycles. The van der Waals surface area contributed by atoms with Gasteiger partial charge in [-0.3, -0.25) is 14.5 Å². The Morgan fingerprint density at radius 2 is 1.67 bits per heavy atom. The van der Waals surface area contributed by atoms with E-state index in [0.29, 0.717) is 40.8 Å². The molecule has 0 bridgehead atoms. The summed E-state index contributed by atoms with van der Waals surface area (Å²) in [5.74, 6) is 1.11. The summed E-state index contributed by atoms with van der Waals surface area (Å²) in [5.41, 5.74) is 1.66. The van der Waals surface area contributed by atoms with Crippen molar-refractivity contribution in [2.24, 2.45) is 11.8 Å². The van der Waals surface area contributed by atoms with E-state index < -0.39 is 17.6 Å². The second-order valence-electron chi connectivity index (χ2n) is 11.3. The molecule has 11 heteroatoms. The van der Waals surface area contributed by atoms with Crippen molar-refractivity contribution in [2.45, 2.75) is 13.5 Å². The van der Waals surface area contributed by atoms with Gasteiger partial charge in [-0.2, -0.15) is 0 Å². The van der Waals surface area contributed by atoms with Crippen LogP contribution < -0.4 is 20.1 Å². The molecular weight excluding hydrogens is 569 g/mol. The number of halogens is 1. The highest BCUT2D eigenvalue weighted by Crippen LogP contribution is 2.33. The second kappa shape index (κ2) is 11.6. The van der Waals surface area contributed by atoms with E-state index in [1.54, 1.807) is 24.3 Å². The van der Waals surface area contributed by atoms with Crippen LogP contribution in [0.15, 0.2) is 54.6 Å². The third kappa shape index (κ3) is 5.80. The Bertz CT molecular complexity index is 1700. The monoisotopic (exact) mass is 601 g/mol. The van der Waals surface area contributed by atoms with E-state index in [4.69, 9.17) is 14.5 Å². The van der Waals surface area contributed by atoms with Crippen LogP contribution in [-0.2, 0) is 6.54 Å². The number of nitrogens with one attached hydrogen (secondary N) is 2. The molecule has 1 unspecified atom stereocenters. The van der Waals surface area contributed by atoms with Crippen LogP contribution in [0.1, 0.15) is 32.6 Å². The van der Waals surface area contributed by atoms with Crippen LogP contribution in [0.5, 0.6) is 11.5 Å². The summed E-state index contributed by atoms with van der Waals surface area (Å²) in [6, 6.07) is 14.8. The van der Waals surface area contributed by atoms with Gasteiger partial charge in [0.2, 0.25) is 0 Å². The summed E-state index contributed by atoms with van der Waals surface area (Å²) in [7, 11) is 0. The lowest BCUT2D eigenvalue weighted by atomic mass is 10.0. The molecule has 2 N–H and O–H groups in total. The van der Waals surface area contributed by atoms with Crippen LogP contribution in [-0.4, -0.2) is 72.5 Å². The zero-order valence-electron chi connectivity index (χ0n) is 23.8. The molecule has 0 radical (unpaired) electrons. The van der Waals surface area contributed by atoms with E-state index in [1.807, 2.05) is 12.1 Å². The summed E-state index contributed by atoms with van der Waals surface area (Å²) >= 11 is 1.28. The van der Waals surface area contributed by atoms with Crippen molar-refractivity contribution in [3.63, 3.8) is 0 Å². The zero-order chi connectivity index (χ0) is 29.5. The van der Waals surface area contributed by atoms with E-state index >= 15 is 0 Å². The van der Waals surface area contributed by atoms with Gasteiger partial charge >= 0.3 is 0 Å². The lowest BCUT2D eigenvalue weighted by Crippen LogP contribution is -2.28. The maximum absolute atomic E-state index is 14.7. The first-order valence-electron chi connectivity index (χ1n) is 14.6. The number of hydrogen-bond donors (Lipinski definition) is 2. The predicted molar refractivity (Wildman–Crippen MR) is 164 cm³/mol. The Hall–Kier alpha value is -4.06. The van der Waals surface area contributed by atoms with E-state index in [2.05, 4.69) is 27.4 Å². The van der Waals surface area contributed by atoms with Crippen molar-refractivity contribution >= 4 is 44.7 Å². The molecule has 43 heavy (non-hydrogen) atoms. The van der Waals surface area contributed by atoms with Crippen LogP contribution in [0, 0.1) is 17.7 Å². The molecule has 3 aliphatic heterocycles. The number of rotatable bonds is 7. The fraction of sp³-hybridized carbons (Fsp3) is 0.344. The van der Waals surface area contributed by atoms with Gasteiger partial charge in [-0.05, 0) is 66.9 Å². The number of likely N-dealkylation sites (tertiary alicyclic amines) is 2. The molecule has 9 nitrogen and oxygen atoms in total. The summed E-state index contributed by atoms with van der Waals surface area (Å²) < 4.78 is 25.8. The Balaban J connectivity index is 1.00. The standard InChI is InChI=1S/C32H32FN5O4S/c1-2-37-14-21-16-38(17-22(21)15-37)18-24-5-3-20-12-29(43-32(20)35-24)31(40)36-26-13-23(6-7-25(26)33)34-30(39)19-4-8-27-28(11-19)42-10-9-41-27/h3-8,11-13,21-22H,2,9-10,14-18H2,1H3,(H,34,39)(H,36,40)/t21-,22?/m1/s1. The Labute approximate surface area is 252 Å². The Kier molecular flexibility index (Phi) is 7.46. The van der Waals surface area contributed by atoms with Crippen LogP contribution in [0.25, 0.3) is 10.2 Å². The molecule has 4 aromatic rings. The van der Waals surface area contributed by atoms with E-state index in [0.717, 1.165) is 53.9 Å². The molecule has 7 rings (SSSR count). The van der Waals surface area contributed by atoms with Crippen LogP contribution in [0.4, 0.5) is 15.8 Å². The molecule has 222 valence electrons. The first kappa shape index (κ1) is 27.8. The molecule has 3 aliphatic rings. The van der Waals surface area contributed by atoms with Crippen molar-refractivity contribution in [1.29, 1.82) is 0 Å². The average Bonchev–Trinajstić information content (AvgIpc) is 3.71. The molecule has 2 aromatic heterocycles. The van der Waals surface area contributed by atoms with Crippen molar-refractivity contribution < 1.29 is 23.5 Å². The molecule has 2 amide bonds. The van der Waals surface area contributed by atoms with Gasteiger partial charge < -0.3 is 25.0 Å². The van der Waals surface area contributed by atoms with Crippen LogP contribution >= 0.6 is 11.3 Å². The maximum atomic E-state index is 14.7. The van der Waals surface area contributed by atoms with Crippen molar-refractivity contribution in [1.82, 2.24) is 14.8 Å². The molecule has 0 spiro atoms. The second-order valence-corrected chi connectivity index (χ2v) is 12.4. The van der Waals surface area contributed by atoms with Gasteiger partial charge in [0.25, 0.3) is 11.8 Å². The maximum Gasteiger partial charge on any atom is 0.265 e. The lowest BCUT2D eigenvalue weighted by Gasteiger charge is -2.19. The molecule has 2 atom stereocenters. The molecular formula is C32H32FN5O4S. The number of ether oxygens (including phenoxy) is 2. The minimum absolute atomic E-state index is 0.0303. The number of aromatic nitrogens is 1. The van der Waals surface area contributed by atoms with E-state index in [1.165, 1.54) is 42.6 Å². The van der Waals surface area contributed by atoms with Gasteiger partial charge in [-0.15, -0.1) is 11.3 Å². The van der Waals surface area contributed by atoms with E-state index in [9.17, 15) is 14.0 Å². The first-order valence-corrected chi connectivity index (χ1v) is 15.4. The Morgan fingerprint density at radius 1 is 0.907 bits per heavy atom. The molecule has 2 aromatic carbocycles. The van der Waals surface area contributed by atoms with Gasteiger partial charge in [0.05, 0.1) is 16.3 Å². The molecule has 2 fully saturated rings.